The molecular formula is C12H13FN4O. The van der Waals surface area contributed by atoms with Crippen molar-refractivity contribution in [2.75, 3.05) is 11.1 Å². The Labute approximate surface area is 103 Å². The van der Waals surface area contributed by atoms with Crippen LogP contribution in [0.4, 0.5) is 15.8 Å². The first-order valence-electron chi connectivity index (χ1n) is 5.34. The van der Waals surface area contributed by atoms with Crippen LogP contribution in [0.25, 0.3) is 0 Å². The van der Waals surface area contributed by atoms with E-state index in [1.165, 1.54) is 16.8 Å². The summed E-state index contributed by atoms with van der Waals surface area (Å²) in [6, 6.07) is 4.11. The van der Waals surface area contributed by atoms with Crippen LogP contribution in [0.15, 0.2) is 24.4 Å². The molecule has 1 aromatic heterocycles. The van der Waals surface area contributed by atoms with Crippen LogP contribution in [0.1, 0.15) is 16.1 Å². The summed E-state index contributed by atoms with van der Waals surface area (Å²) >= 11 is 0. The van der Waals surface area contributed by atoms with Gasteiger partial charge in [0.1, 0.15) is 5.82 Å². The van der Waals surface area contributed by atoms with Gasteiger partial charge in [-0.15, -0.1) is 0 Å². The van der Waals surface area contributed by atoms with Crippen molar-refractivity contribution in [3.8, 4) is 0 Å². The van der Waals surface area contributed by atoms with Gasteiger partial charge in [0.2, 0.25) is 0 Å². The molecule has 18 heavy (non-hydrogen) atoms. The van der Waals surface area contributed by atoms with E-state index in [0.717, 1.165) is 6.07 Å². The molecule has 2 aromatic rings. The Kier molecular flexibility index (Phi) is 3.01. The molecule has 0 aliphatic carbocycles. The summed E-state index contributed by atoms with van der Waals surface area (Å²) in [6.07, 6.45) is 1.58. The number of nitrogens with two attached hydrogens (primary N) is 1. The molecule has 2 rings (SSSR count). The van der Waals surface area contributed by atoms with E-state index in [1.807, 2.05) is 0 Å². The molecule has 0 saturated carbocycles. The monoisotopic (exact) mass is 248 g/mol. The Morgan fingerprint density at radius 3 is 2.78 bits per heavy atom. The first-order chi connectivity index (χ1) is 8.47. The standard InChI is InChI=1S/C12H13FN4O/c1-7-9(6-17(2)16-7)12(18)15-11-4-3-8(14)5-10(11)13/h3-6H,14H2,1-2H3,(H,15,18). The van der Waals surface area contributed by atoms with E-state index in [4.69, 9.17) is 5.73 Å². The number of rotatable bonds is 2. The molecule has 0 radical (unpaired) electrons. The number of hydrogen-bond donors (Lipinski definition) is 2. The second kappa shape index (κ2) is 4.48. The lowest BCUT2D eigenvalue weighted by Gasteiger charge is -2.06. The van der Waals surface area contributed by atoms with Gasteiger partial charge in [0, 0.05) is 18.9 Å². The number of amides is 1. The number of hydrogen-bond acceptors (Lipinski definition) is 3. The van der Waals surface area contributed by atoms with Crippen molar-refractivity contribution in [1.29, 1.82) is 0 Å². The lowest BCUT2D eigenvalue weighted by atomic mass is 10.2. The minimum absolute atomic E-state index is 0.0949. The Bertz CT molecular complexity index is 606. The molecule has 6 heteroatoms. The van der Waals surface area contributed by atoms with E-state index < -0.39 is 11.7 Å². The maximum Gasteiger partial charge on any atom is 0.259 e. The molecule has 1 amide bonds. The zero-order valence-corrected chi connectivity index (χ0v) is 10.1. The molecular weight excluding hydrogens is 235 g/mol. The van der Waals surface area contributed by atoms with Crippen molar-refractivity contribution >= 4 is 17.3 Å². The Morgan fingerprint density at radius 2 is 2.22 bits per heavy atom. The summed E-state index contributed by atoms with van der Waals surface area (Å²) in [5, 5.41) is 6.54. The maximum atomic E-state index is 13.5. The van der Waals surface area contributed by atoms with Crippen LogP contribution in [0, 0.1) is 12.7 Å². The molecule has 1 heterocycles. The van der Waals surface area contributed by atoms with E-state index in [-0.39, 0.29) is 5.69 Å². The van der Waals surface area contributed by atoms with Crippen LogP contribution < -0.4 is 11.1 Å². The number of carbonyl (C=O) groups excluding carboxylic acids is 1. The van der Waals surface area contributed by atoms with Gasteiger partial charge >= 0.3 is 0 Å². The highest BCUT2D eigenvalue weighted by Gasteiger charge is 2.14. The highest BCUT2D eigenvalue weighted by molar-refractivity contribution is 6.05. The summed E-state index contributed by atoms with van der Waals surface area (Å²) in [7, 11) is 1.72. The number of aromatic nitrogens is 2. The third-order valence-corrected chi connectivity index (χ3v) is 2.50. The van der Waals surface area contributed by atoms with Crippen molar-refractivity contribution in [3.63, 3.8) is 0 Å². The Balaban J connectivity index is 2.24. The van der Waals surface area contributed by atoms with Gasteiger partial charge in [-0.2, -0.15) is 5.10 Å². The lowest BCUT2D eigenvalue weighted by Crippen LogP contribution is -2.13. The molecule has 3 N–H and O–H groups in total. The molecule has 0 aliphatic heterocycles. The van der Waals surface area contributed by atoms with E-state index >= 15 is 0 Å². The number of carbonyl (C=O) groups is 1. The highest BCUT2D eigenvalue weighted by atomic mass is 19.1. The number of halogens is 1. The van der Waals surface area contributed by atoms with Crippen LogP contribution in [0.5, 0.6) is 0 Å². The summed E-state index contributed by atoms with van der Waals surface area (Å²) in [5.74, 6) is -0.964. The van der Waals surface area contributed by atoms with Crippen LogP contribution in [-0.2, 0) is 7.05 Å². The van der Waals surface area contributed by atoms with Crippen molar-refractivity contribution < 1.29 is 9.18 Å². The van der Waals surface area contributed by atoms with Gasteiger partial charge in [-0.25, -0.2) is 4.39 Å². The summed E-state index contributed by atoms with van der Waals surface area (Å²) in [4.78, 5) is 11.9. The number of nitrogens with zero attached hydrogens (tertiary/aromatic N) is 2. The molecule has 0 saturated heterocycles. The van der Waals surface area contributed by atoms with Crippen LogP contribution in [-0.4, -0.2) is 15.7 Å². The topological polar surface area (TPSA) is 72.9 Å². The summed E-state index contributed by atoms with van der Waals surface area (Å²) in [6.45, 7) is 1.72. The van der Waals surface area contributed by atoms with Crippen molar-refractivity contribution in [2.45, 2.75) is 6.92 Å². The quantitative estimate of drug-likeness (QED) is 0.794. The number of anilines is 2. The SMILES string of the molecule is Cc1nn(C)cc1C(=O)Nc1ccc(N)cc1F. The second-order valence-corrected chi connectivity index (χ2v) is 4.00. The molecule has 0 atom stereocenters. The van der Waals surface area contributed by atoms with Crippen LogP contribution >= 0.6 is 0 Å². The largest absolute Gasteiger partial charge is 0.399 e. The minimum atomic E-state index is -0.565. The van der Waals surface area contributed by atoms with E-state index in [2.05, 4.69) is 10.4 Å². The fraction of sp³-hybridized carbons (Fsp3) is 0.167. The second-order valence-electron chi connectivity index (χ2n) is 4.00. The third-order valence-electron chi connectivity index (χ3n) is 2.50. The Morgan fingerprint density at radius 1 is 1.50 bits per heavy atom. The Hall–Kier alpha value is -2.37. The lowest BCUT2D eigenvalue weighted by molar-refractivity contribution is 0.102. The molecule has 1 aromatic carbocycles. The predicted molar refractivity (Wildman–Crippen MR) is 66.7 cm³/mol. The van der Waals surface area contributed by atoms with Gasteiger partial charge in [-0.05, 0) is 25.1 Å². The highest BCUT2D eigenvalue weighted by Crippen LogP contribution is 2.18. The zero-order valence-electron chi connectivity index (χ0n) is 10.1. The number of aryl methyl sites for hydroxylation is 2. The van der Waals surface area contributed by atoms with Crippen LogP contribution in [0.3, 0.4) is 0 Å². The molecule has 0 aliphatic rings. The molecule has 0 unspecified atom stereocenters. The third kappa shape index (κ3) is 2.32. The molecule has 0 fully saturated rings. The van der Waals surface area contributed by atoms with E-state index in [9.17, 15) is 9.18 Å². The van der Waals surface area contributed by atoms with Crippen molar-refractivity contribution in [3.05, 3.63) is 41.5 Å². The van der Waals surface area contributed by atoms with Gasteiger partial charge in [0.05, 0.1) is 16.9 Å². The van der Waals surface area contributed by atoms with Gasteiger partial charge in [0.25, 0.3) is 5.91 Å². The fourth-order valence-electron chi connectivity index (χ4n) is 1.64. The smallest absolute Gasteiger partial charge is 0.259 e. The van der Waals surface area contributed by atoms with Gasteiger partial charge < -0.3 is 11.1 Å². The first kappa shape index (κ1) is 12.1. The zero-order chi connectivity index (χ0) is 13.3. The van der Waals surface area contributed by atoms with Crippen LogP contribution in [0.2, 0.25) is 0 Å². The maximum absolute atomic E-state index is 13.5. The van der Waals surface area contributed by atoms with Gasteiger partial charge in [-0.1, -0.05) is 0 Å². The number of nitrogen functional groups attached to an aromatic ring is 1. The van der Waals surface area contributed by atoms with Gasteiger partial charge in [-0.3, -0.25) is 9.48 Å². The van der Waals surface area contributed by atoms with Crippen molar-refractivity contribution in [1.82, 2.24) is 9.78 Å². The molecule has 0 spiro atoms. The minimum Gasteiger partial charge on any atom is -0.399 e. The fourth-order valence-corrected chi connectivity index (χ4v) is 1.64. The molecule has 0 bridgehead atoms. The first-order valence-corrected chi connectivity index (χ1v) is 5.34. The average molecular weight is 248 g/mol. The van der Waals surface area contributed by atoms with E-state index in [1.54, 1.807) is 20.2 Å². The van der Waals surface area contributed by atoms with Crippen molar-refractivity contribution in [2.24, 2.45) is 7.05 Å². The number of benzene rings is 1. The van der Waals surface area contributed by atoms with E-state index in [0.29, 0.717) is 16.9 Å². The van der Waals surface area contributed by atoms with Gasteiger partial charge in [0.15, 0.2) is 0 Å². The predicted octanol–water partition coefficient (Wildman–Crippen LogP) is 1.70. The number of nitrogens with one attached hydrogen (secondary N) is 1. The molecule has 5 nitrogen and oxygen atoms in total. The molecule has 94 valence electrons. The summed E-state index contributed by atoms with van der Waals surface area (Å²) < 4.78 is 15.0. The average Bonchev–Trinajstić information content (AvgIpc) is 2.62. The summed E-state index contributed by atoms with van der Waals surface area (Å²) in [5.41, 5.74) is 6.83. The normalized spacial score (nSPS) is 10.4.